The Balaban J connectivity index is 1.62. The van der Waals surface area contributed by atoms with Crippen molar-refractivity contribution in [3.63, 3.8) is 0 Å². The summed E-state index contributed by atoms with van der Waals surface area (Å²) in [5.41, 5.74) is 1.93. The summed E-state index contributed by atoms with van der Waals surface area (Å²) in [5.74, 6) is -0.380. The molecule has 7 nitrogen and oxygen atoms in total. The fourth-order valence-corrected chi connectivity index (χ4v) is 3.85. The van der Waals surface area contributed by atoms with E-state index in [4.69, 9.17) is 4.74 Å². The molecule has 1 saturated heterocycles. The van der Waals surface area contributed by atoms with Crippen molar-refractivity contribution in [2.75, 3.05) is 19.7 Å². The minimum atomic E-state index is -0.212. The first-order valence-corrected chi connectivity index (χ1v) is 9.24. The quantitative estimate of drug-likeness (QED) is 0.604. The topological polar surface area (TPSA) is 76.8 Å². The van der Waals surface area contributed by atoms with Gasteiger partial charge in [-0.15, -0.1) is 0 Å². The highest BCUT2D eigenvalue weighted by molar-refractivity contribution is 8.18. The zero-order valence-electron chi connectivity index (χ0n) is 14.7. The van der Waals surface area contributed by atoms with Crippen molar-refractivity contribution in [3.05, 3.63) is 22.4 Å². The van der Waals surface area contributed by atoms with Gasteiger partial charge in [0.15, 0.2) is 5.17 Å². The Kier molecular flexibility index (Phi) is 5.27. The number of carbonyl (C=O) groups is 2. The predicted molar refractivity (Wildman–Crippen MR) is 96.9 cm³/mol. The zero-order chi connectivity index (χ0) is 18.0. The van der Waals surface area contributed by atoms with Gasteiger partial charge in [0.2, 0.25) is 0 Å². The number of nitrogens with zero attached hydrogens (tertiary/aromatic N) is 4. The van der Waals surface area contributed by atoms with E-state index in [-0.39, 0.29) is 17.8 Å². The molecule has 2 aliphatic rings. The second kappa shape index (κ2) is 7.43. The van der Waals surface area contributed by atoms with E-state index in [1.54, 1.807) is 10.9 Å². The number of rotatable bonds is 3. The first-order valence-electron chi connectivity index (χ1n) is 8.42. The molecule has 0 N–H and O–H groups in total. The van der Waals surface area contributed by atoms with Crippen LogP contribution in [-0.2, 0) is 21.4 Å². The van der Waals surface area contributed by atoms with E-state index < -0.39 is 0 Å². The molecule has 0 bridgehead atoms. The minimum Gasteiger partial charge on any atom is -0.466 e. The molecular formula is C17H22N4O3S. The van der Waals surface area contributed by atoms with Crippen molar-refractivity contribution < 1.29 is 14.3 Å². The summed E-state index contributed by atoms with van der Waals surface area (Å²) < 4.78 is 6.87. The highest BCUT2D eigenvalue weighted by Gasteiger charge is 2.31. The number of amidine groups is 1. The van der Waals surface area contributed by atoms with Crippen LogP contribution in [0.3, 0.4) is 0 Å². The lowest BCUT2D eigenvalue weighted by Gasteiger charge is -2.31. The number of aliphatic imine (C=N–C) groups is 1. The summed E-state index contributed by atoms with van der Waals surface area (Å²) in [6.07, 6.45) is 5.05. The van der Waals surface area contributed by atoms with Crippen LogP contribution in [0, 0.1) is 12.8 Å². The maximum Gasteiger partial charge on any atom is 0.309 e. The molecule has 0 radical (unpaired) electrons. The summed E-state index contributed by atoms with van der Waals surface area (Å²) in [6.45, 7) is 5.62. The van der Waals surface area contributed by atoms with Crippen LogP contribution < -0.4 is 0 Å². The summed E-state index contributed by atoms with van der Waals surface area (Å²) >= 11 is 1.39. The number of likely N-dealkylation sites (tertiary alicyclic amines) is 1. The van der Waals surface area contributed by atoms with E-state index in [1.807, 2.05) is 27.0 Å². The third-order valence-corrected chi connectivity index (χ3v) is 5.60. The van der Waals surface area contributed by atoms with Crippen LogP contribution in [0.4, 0.5) is 0 Å². The molecule has 0 saturated carbocycles. The van der Waals surface area contributed by atoms with E-state index in [0.717, 1.165) is 29.3 Å². The Morgan fingerprint density at radius 3 is 2.76 bits per heavy atom. The molecular weight excluding hydrogens is 340 g/mol. The Morgan fingerprint density at radius 2 is 2.16 bits per heavy atom. The Bertz CT molecular complexity index is 745. The van der Waals surface area contributed by atoms with E-state index in [1.165, 1.54) is 11.8 Å². The number of aromatic nitrogens is 2. The largest absolute Gasteiger partial charge is 0.466 e. The van der Waals surface area contributed by atoms with Crippen LogP contribution in [0.1, 0.15) is 31.0 Å². The normalized spacial score (nSPS) is 20.3. The van der Waals surface area contributed by atoms with Crippen LogP contribution >= 0.6 is 11.8 Å². The van der Waals surface area contributed by atoms with Crippen LogP contribution in [0.2, 0.25) is 0 Å². The molecule has 0 spiro atoms. The van der Waals surface area contributed by atoms with Gasteiger partial charge in [-0.1, -0.05) is 0 Å². The van der Waals surface area contributed by atoms with Crippen LogP contribution in [0.25, 0.3) is 6.08 Å². The summed E-state index contributed by atoms with van der Waals surface area (Å²) in [5, 5.41) is 4.91. The van der Waals surface area contributed by atoms with Gasteiger partial charge in [-0.25, -0.2) is 0 Å². The number of piperidine rings is 1. The van der Waals surface area contributed by atoms with Gasteiger partial charge in [-0.05, 0) is 44.5 Å². The molecule has 0 atom stereocenters. The van der Waals surface area contributed by atoms with Crippen molar-refractivity contribution >= 4 is 34.9 Å². The number of hydrogen-bond donors (Lipinski definition) is 0. The maximum absolute atomic E-state index is 12.2. The lowest BCUT2D eigenvalue weighted by atomic mass is 9.97. The standard InChI is InChI=1S/C17H22N4O3S/c1-4-24-16(23)12-5-7-21(8-6-12)17-19-15(22)14(25-17)9-13-10-18-20(3)11(13)2/h9-10,12H,4-8H2,1-3H3/b14-9-. The third kappa shape index (κ3) is 3.78. The first-order chi connectivity index (χ1) is 12.0. The van der Waals surface area contributed by atoms with Gasteiger partial charge in [0.05, 0.1) is 23.6 Å². The molecule has 1 aromatic heterocycles. The monoisotopic (exact) mass is 362 g/mol. The molecule has 0 aromatic carbocycles. The zero-order valence-corrected chi connectivity index (χ0v) is 15.5. The Morgan fingerprint density at radius 1 is 1.44 bits per heavy atom. The lowest BCUT2D eigenvalue weighted by molar-refractivity contribution is -0.149. The molecule has 3 rings (SSSR count). The van der Waals surface area contributed by atoms with Gasteiger partial charge in [0.25, 0.3) is 5.91 Å². The van der Waals surface area contributed by atoms with Crippen molar-refractivity contribution in [2.24, 2.45) is 18.0 Å². The van der Waals surface area contributed by atoms with E-state index in [9.17, 15) is 9.59 Å². The molecule has 8 heteroatoms. The molecule has 0 unspecified atom stereocenters. The third-order valence-electron chi connectivity index (χ3n) is 4.55. The minimum absolute atomic E-state index is 0.0491. The van der Waals surface area contributed by atoms with Crippen LogP contribution in [-0.4, -0.2) is 51.4 Å². The fraction of sp³-hybridized carbons (Fsp3) is 0.529. The molecule has 2 aliphatic heterocycles. The van der Waals surface area contributed by atoms with Crippen molar-refractivity contribution in [3.8, 4) is 0 Å². The highest BCUT2D eigenvalue weighted by Crippen LogP contribution is 2.32. The number of thioether (sulfide) groups is 1. The van der Waals surface area contributed by atoms with Crippen molar-refractivity contribution in [1.29, 1.82) is 0 Å². The van der Waals surface area contributed by atoms with Gasteiger partial charge in [0, 0.05) is 31.4 Å². The lowest BCUT2D eigenvalue weighted by Crippen LogP contribution is -2.39. The number of carbonyl (C=O) groups excluding carboxylic acids is 2. The molecule has 25 heavy (non-hydrogen) atoms. The first kappa shape index (κ1) is 17.7. The van der Waals surface area contributed by atoms with Gasteiger partial charge >= 0.3 is 5.97 Å². The summed E-state index contributed by atoms with van der Waals surface area (Å²) in [6, 6.07) is 0. The SMILES string of the molecule is CCOC(=O)C1CCN(C2=NC(=O)/C(=C/c3cnn(C)c3C)S2)CC1. The summed E-state index contributed by atoms with van der Waals surface area (Å²) in [7, 11) is 1.87. The molecule has 3 heterocycles. The second-order valence-electron chi connectivity index (χ2n) is 6.13. The molecule has 1 amide bonds. The van der Waals surface area contributed by atoms with Gasteiger partial charge in [0.1, 0.15) is 0 Å². The number of ether oxygens (including phenoxy) is 1. The summed E-state index contributed by atoms with van der Waals surface area (Å²) in [4.78, 5) is 30.9. The molecule has 134 valence electrons. The van der Waals surface area contributed by atoms with Crippen molar-refractivity contribution in [1.82, 2.24) is 14.7 Å². The van der Waals surface area contributed by atoms with E-state index in [2.05, 4.69) is 15.0 Å². The van der Waals surface area contributed by atoms with Gasteiger partial charge in [-0.2, -0.15) is 10.1 Å². The molecule has 1 aromatic rings. The van der Waals surface area contributed by atoms with Gasteiger partial charge < -0.3 is 9.64 Å². The van der Waals surface area contributed by atoms with E-state index >= 15 is 0 Å². The van der Waals surface area contributed by atoms with E-state index in [0.29, 0.717) is 24.6 Å². The van der Waals surface area contributed by atoms with Crippen LogP contribution in [0.5, 0.6) is 0 Å². The second-order valence-corrected chi connectivity index (χ2v) is 7.14. The average Bonchev–Trinajstić information content (AvgIpc) is 3.13. The number of amides is 1. The average molecular weight is 362 g/mol. The Labute approximate surface area is 151 Å². The Hall–Kier alpha value is -2.09. The fourth-order valence-electron chi connectivity index (χ4n) is 2.90. The van der Waals surface area contributed by atoms with Crippen LogP contribution in [0.15, 0.2) is 16.1 Å². The molecule has 1 fully saturated rings. The maximum atomic E-state index is 12.2. The van der Waals surface area contributed by atoms with Crippen molar-refractivity contribution in [2.45, 2.75) is 26.7 Å². The number of hydrogen-bond acceptors (Lipinski definition) is 6. The highest BCUT2D eigenvalue weighted by atomic mass is 32.2. The predicted octanol–water partition coefficient (Wildman–Crippen LogP) is 1.97. The number of aryl methyl sites for hydroxylation is 1. The molecule has 0 aliphatic carbocycles. The number of esters is 1. The smallest absolute Gasteiger partial charge is 0.309 e. The van der Waals surface area contributed by atoms with Gasteiger partial charge in [-0.3, -0.25) is 14.3 Å².